The van der Waals surface area contributed by atoms with Gasteiger partial charge in [-0.25, -0.2) is 13.1 Å². The maximum absolute atomic E-state index is 12.9. The molecule has 2 aromatic carbocycles. The van der Waals surface area contributed by atoms with Gasteiger partial charge < -0.3 is 4.74 Å². The molecule has 3 rings (SSSR count). The summed E-state index contributed by atoms with van der Waals surface area (Å²) < 4.78 is 34.6. The van der Waals surface area contributed by atoms with Crippen LogP contribution in [0.3, 0.4) is 0 Å². The van der Waals surface area contributed by atoms with E-state index in [0.29, 0.717) is 5.69 Å². The van der Waals surface area contributed by atoms with Crippen LogP contribution in [0.2, 0.25) is 0 Å². The smallest absolute Gasteiger partial charge is 0.324 e. The molecule has 0 spiro atoms. The molecule has 0 bridgehead atoms. The number of carbonyl (C=O) groups is 1. The predicted molar refractivity (Wildman–Crippen MR) is 100 cm³/mol. The predicted octanol–water partition coefficient (Wildman–Crippen LogP) is 1.11. The van der Waals surface area contributed by atoms with Crippen LogP contribution in [0.15, 0.2) is 65.8 Å². The molecule has 1 atom stereocenters. The maximum Gasteiger partial charge on any atom is 0.324 e. The Morgan fingerprint density at radius 1 is 1.18 bits per heavy atom. The van der Waals surface area contributed by atoms with Gasteiger partial charge in [0.25, 0.3) is 0 Å². The van der Waals surface area contributed by atoms with Crippen molar-refractivity contribution in [3.8, 4) is 5.69 Å². The van der Waals surface area contributed by atoms with E-state index in [0.717, 1.165) is 5.56 Å². The Labute approximate surface area is 162 Å². The molecule has 0 aliphatic heterocycles. The van der Waals surface area contributed by atoms with Gasteiger partial charge >= 0.3 is 5.97 Å². The van der Waals surface area contributed by atoms with Crippen molar-refractivity contribution in [1.29, 1.82) is 0 Å². The number of ether oxygens (including phenoxy) is 1. The highest BCUT2D eigenvalue weighted by atomic mass is 32.2. The lowest BCUT2D eigenvalue weighted by atomic mass is 10.1. The van der Waals surface area contributed by atoms with Crippen molar-refractivity contribution in [3.63, 3.8) is 0 Å². The summed E-state index contributed by atoms with van der Waals surface area (Å²) >= 11 is 0. The molecular formula is C18H19N5O4S. The minimum Gasteiger partial charge on any atom is -0.465 e. The van der Waals surface area contributed by atoms with E-state index in [1.54, 1.807) is 19.1 Å². The van der Waals surface area contributed by atoms with E-state index < -0.39 is 22.0 Å². The van der Waals surface area contributed by atoms with E-state index in [4.69, 9.17) is 4.74 Å². The number of carbonyl (C=O) groups excluding carboxylic acids is 1. The van der Waals surface area contributed by atoms with Crippen molar-refractivity contribution in [2.24, 2.45) is 0 Å². The van der Waals surface area contributed by atoms with E-state index in [9.17, 15) is 13.2 Å². The second-order valence-electron chi connectivity index (χ2n) is 5.87. The molecule has 0 aliphatic rings. The number of benzene rings is 2. The van der Waals surface area contributed by atoms with E-state index in [1.165, 1.54) is 23.1 Å². The van der Waals surface area contributed by atoms with Gasteiger partial charge in [-0.15, -0.1) is 5.10 Å². The van der Waals surface area contributed by atoms with Crippen molar-refractivity contribution < 1.29 is 17.9 Å². The second kappa shape index (κ2) is 8.72. The van der Waals surface area contributed by atoms with Crippen LogP contribution in [-0.2, 0) is 26.0 Å². The molecule has 1 N–H and O–H groups in total. The molecule has 0 fully saturated rings. The van der Waals surface area contributed by atoms with E-state index in [1.807, 2.05) is 30.3 Å². The Kier molecular flexibility index (Phi) is 6.12. The fourth-order valence-electron chi connectivity index (χ4n) is 2.59. The lowest BCUT2D eigenvalue weighted by Gasteiger charge is -2.18. The molecule has 28 heavy (non-hydrogen) atoms. The highest BCUT2D eigenvalue weighted by Gasteiger charge is 2.27. The SMILES string of the molecule is CCOC(=O)C(Cc1ccccc1)NS(=O)(=O)c1cccc(-n2cnnn2)c1. The number of rotatable bonds is 8. The zero-order chi connectivity index (χ0) is 20.0. The van der Waals surface area contributed by atoms with Crippen LogP contribution in [0, 0.1) is 0 Å². The first-order valence-corrected chi connectivity index (χ1v) is 10.0. The number of esters is 1. The molecule has 0 saturated carbocycles. The van der Waals surface area contributed by atoms with Gasteiger partial charge in [0.05, 0.1) is 17.2 Å². The fraction of sp³-hybridized carbons (Fsp3) is 0.222. The number of nitrogens with zero attached hydrogens (tertiary/aromatic N) is 4. The second-order valence-corrected chi connectivity index (χ2v) is 7.58. The topological polar surface area (TPSA) is 116 Å². The summed E-state index contributed by atoms with van der Waals surface area (Å²) in [6.45, 7) is 1.82. The Morgan fingerprint density at radius 2 is 1.96 bits per heavy atom. The summed E-state index contributed by atoms with van der Waals surface area (Å²) in [7, 11) is -3.99. The third-order valence-corrected chi connectivity index (χ3v) is 5.36. The van der Waals surface area contributed by atoms with Crippen LogP contribution in [-0.4, -0.2) is 47.2 Å². The first-order chi connectivity index (χ1) is 13.5. The van der Waals surface area contributed by atoms with Crippen molar-refractivity contribution in [2.75, 3.05) is 6.61 Å². The Bertz CT molecular complexity index is 1020. The van der Waals surface area contributed by atoms with E-state index >= 15 is 0 Å². The molecular weight excluding hydrogens is 382 g/mol. The normalized spacial score (nSPS) is 12.5. The van der Waals surface area contributed by atoms with Crippen LogP contribution in [0.4, 0.5) is 0 Å². The molecule has 0 amide bonds. The monoisotopic (exact) mass is 401 g/mol. The van der Waals surface area contributed by atoms with Crippen molar-refractivity contribution in [1.82, 2.24) is 24.9 Å². The maximum atomic E-state index is 12.9. The lowest BCUT2D eigenvalue weighted by Crippen LogP contribution is -2.43. The fourth-order valence-corrected chi connectivity index (χ4v) is 3.82. The summed E-state index contributed by atoms with van der Waals surface area (Å²) in [6, 6.07) is 14.2. The molecule has 146 valence electrons. The van der Waals surface area contributed by atoms with Gasteiger partial charge in [-0.3, -0.25) is 4.79 Å². The molecule has 3 aromatic rings. The molecule has 1 heterocycles. The first-order valence-electron chi connectivity index (χ1n) is 8.56. The van der Waals surface area contributed by atoms with Gasteiger partial charge in [-0.05, 0) is 47.5 Å². The number of nitrogens with one attached hydrogen (secondary N) is 1. The Balaban J connectivity index is 1.86. The number of tetrazole rings is 1. The van der Waals surface area contributed by atoms with Crippen molar-refractivity contribution in [2.45, 2.75) is 24.3 Å². The molecule has 9 nitrogen and oxygen atoms in total. The number of sulfonamides is 1. The largest absolute Gasteiger partial charge is 0.465 e. The van der Waals surface area contributed by atoms with Crippen LogP contribution in [0.5, 0.6) is 0 Å². The third-order valence-electron chi connectivity index (χ3n) is 3.89. The summed E-state index contributed by atoms with van der Waals surface area (Å²) in [5.74, 6) is -0.633. The minimum atomic E-state index is -3.99. The zero-order valence-electron chi connectivity index (χ0n) is 15.1. The summed E-state index contributed by atoms with van der Waals surface area (Å²) in [4.78, 5) is 12.3. The average molecular weight is 401 g/mol. The first kappa shape index (κ1) is 19.6. The quantitative estimate of drug-likeness (QED) is 0.562. The van der Waals surface area contributed by atoms with Gasteiger partial charge in [0, 0.05) is 0 Å². The number of hydrogen-bond acceptors (Lipinski definition) is 7. The number of aromatic nitrogens is 4. The minimum absolute atomic E-state index is 0.0112. The Hall–Kier alpha value is -3.11. The van der Waals surface area contributed by atoms with Gasteiger partial charge in [-0.2, -0.15) is 4.72 Å². The van der Waals surface area contributed by atoms with Crippen LogP contribution < -0.4 is 4.72 Å². The van der Waals surface area contributed by atoms with Gasteiger partial charge in [0.2, 0.25) is 10.0 Å². The molecule has 10 heteroatoms. The molecule has 0 radical (unpaired) electrons. The van der Waals surface area contributed by atoms with E-state index in [2.05, 4.69) is 20.2 Å². The highest BCUT2D eigenvalue weighted by Crippen LogP contribution is 2.15. The highest BCUT2D eigenvalue weighted by molar-refractivity contribution is 7.89. The van der Waals surface area contributed by atoms with Gasteiger partial charge in [0.15, 0.2) is 0 Å². The summed E-state index contributed by atoms with van der Waals surface area (Å²) in [5, 5.41) is 10.8. The van der Waals surface area contributed by atoms with Crippen LogP contribution >= 0.6 is 0 Å². The van der Waals surface area contributed by atoms with E-state index in [-0.39, 0.29) is 17.9 Å². The summed E-state index contributed by atoms with van der Waals surface area (Å²) in [5.41, 5.74) is 1.29. The number of hydrogen-bond donors (Lipinski definition) is 1. The van der Waals surface area contributed by atoms with Crippen molar-refractivity contribution in [3.05, 3.63) is 66.5 Å². The van der Waals surface area contributed by atoms with Gasteiger partial charge in [0.1, 0.15) is 12.4 Å². The van der Waals surface area contributed by atoms with Crippen LogP contribution in [0.25, 0.3) is 5.69 Å². The molecule has 1 aromatic heterocycles. The Morgan fingerprint density at radius 3 is 2.64 bits per heavy atom. The molecule has 0 aliphatic carbocycles. The summed E-state index contributed by atoms with van der Waals surface area (Å²) in [6.07, 6.45) is 1.53. The van der Waals surface area contributed by atoms with Gasteiger partial charge in [-0.1, -0.05) is 36.4 Å². The third kappa shape index (κ3) is 4.78. The standard InChI is InChI=1S/C18H19N5O4S/c1-2-27-18(24)17(11-14-7-4-3-5-8-14)20-28(25,26)16-10-6-9-15(12-16)23-13-19-21-22-23/h3-10,12-13,17,20H,2,11H2,1H3. The average Bonchev–Trinajstić information content (AvgIpc) is 3.23. The zero-order valence-corrected chi connectivity index (χ0v) is 15.9. The molecule has 0 saturated heterocycles. The lowest BCUT2D eigenvalue weighted by molar-refractivity contribution is -0.145. The van der Waals surface area contributed by atoms with Crippen molar-refractivity contribution >= 4 is 16.0 Å². The van der Waals surface area contributed by atoms with Crippen LogP contribution in [0.1, 0.15) is 12.5 Å². The molecule has 1 unspecified atom stereocenters.